The summed E-state index contributed by atoms with van der Waals surface area (Å²) in [6.45, 7) is 16.4. The van der Waals surface area contributed by atoms with Gasteiger partial charge < -0.3 is 14.2 Å². The lowest BCUT2D eigenvalue weighted by molar-refractivity contribution is -0.121. The predicted octanol–water partition coefficient (Wildman–Crippen LogP) is 9.41. The lowest BCUT2D eigenvalue weighted by Gasteiger charge is -2.29. The third-order valence-electron chi connectivity index (χ3n) is 13.3. The number of fused-ring (bicyclic) bond motifs is 2. The van der Waals surface area contributed by atoms with Crippen LogP contribution >= 0.6 is 0 Å². The highest BCUT2D eigenvalue weighted by Crippen LogP contribution is 2.33. The van der Waals surface area contributed by atoms with Crippen LogP contribution in [0, 0.1) is 37.1 Å². The van der Waals surface area contributed by atoms with Gasteiger partial charge in [-0.3, -0.25) is 24.6 Å². The minimum absolute atomic E-state index is 0.0834. The fourth-order valence-corrected chi connectivity index (χ4v) is 9.74. The Balaban J connectivity index is 0.000000178. The average Bonchev–Trinajstić information content (AvgIpc) is 3.89. The van der Waals surface area contributed by atoms with E-state index in [2.05, 4.69) is 49.7 Å². The number of rotatable bonds is 12. The molecule has 10 rings (SSSR count). The van der Waals surface area contributed by atoms with Gasteiger partial charge in [0.2, 0.25) is 0 Å². The molecule has 374 valence electrons. The molecule has 0 aliphatic carbocycles. The molecule has 0 radical (unpaired) electrons. The smallest absolute Gasteiger partial charge is 0.151 e. The SMILES string of the molecule is Cc1nc2c(F)cc(-c3cc(Cc4ncc(CN5CCC(=O)CC5)cn4)ncc3F)cc2n1C(C)C.Cc1nc2c(F)cc(-c3cc(Cc4ncc(CN5CCC(O)CC5)cn4)ncc3F)cc2n1C(C)C. The molecule has 2 fully saturated rings. The van der Waals surface area contributed by atoms with E-state index in [4.69, 9.17) is 0 Å². The van der Waals surface area contributed by atoms with E-state index in [1.165, 1.54) is 12.1 Å². The van der Waals surface area contributed by atoms with Crippen LogP contribution in [0.15, 0.2) is 73.6 Å². The van der Waals surface area contributed by atoms with Gasteiger partial charge in [-0.25, -0.2) is 47.5 Å². The van der Waals surface area contributed by atoms with Crippen molar-refractivity contribution in [2.75, 3.05) is 26.2 Å². The summed E-state index contributed by atoms with van der Waals surface area (Å²) < 4.78 is 63.4. The Morgan fingerprint density at radius 1 is 0.556 bits per heavy atom. The van der Waals surface area contributed by atoms with Crippen molar-refractivity contribution in [2.24, 2.45) is 0 Å². The number of aromatic nitrogens is 10. The van der Waals surface area contributed by atoms with Crippen molar-refractivity contribution in [1.82, 2.24) is 58.8 Å². The van der Waals surface area contributed by atoms with Gasteiger partial charge in [-0.05, 0) is 102 Å². The monoisotopic (exact) mass is 982 g/mol. The molecular formula is C54H58F4N12O2. The zero-order valence-electron chi connectivity index (χ0n) is 41.4. The fourth-order valence-electron chi connectivity index (χ4n) is 9.74. The largest absolute Gasteiger partial charge is 0.393 e. The van der Waals surface area contributed by atoms with Gasteiger partial charge in [-0.1, -0.05) is 0 Å². The summed E-state index contributed by atoms with van der Waals surface area (Å²) in [5.74, 6) is 0.860. The number of likely N-dealkylation sites (tertiary alicyclic amines) is 2. The van der Waals surface area contributed by atoms with Crippen molar-refractivity contribution in [2.45, 2.75) is 111 Å². The van der Waals surface area contributed by atoms with E-state index < -0.39 is 23.3 Å². The number of halogens is 4. The maximum atomic E-state index is 14.9. The number of hydrogen-bond donors (Lipinski definition) is 1. The predicted molar refractivity (Wildman–Crippen MR) is 266 cm³/mol. The maximum absolute atomic E-state index is 14.9. The van der Waals surface area contributed by atoms with Crippen LogP contribution in [0.3, 0.4) is 0 Å². The summed E-state index contributed by atoms with van der Waals surface area (Å²) in [5.41, 5.74) is 6.41. The topological polar surface area (TPSA) is 157 Å². The van der Waals surface area contributed by atoms with Crippen molar-refractivity contribution in [3.63, 3.8) is 0 Å². The molecule has 2 saturated heterocycles. The number of imidazole rings is 2. The molecule has 8 heterocycles. The maximum Gasteiger partial charge on any atom is 0.151 e. The highest BCUT2D eigenvalue weighted by molar-refractivity contribution is 5.85. The number of hydrogen-bond acceptors (Lipinski definition) is 12. The van der Waals surface area contributed by atoms with E-state index in [1.54, 1.807) is 49.1 Å². The molecule has 2 aromatic carbocycles. The third-order valence-corrected chi connectivity index (χ3v) is 13.3. The highest BCUT2D eigenvalue weighted by atomic mass is 19.1. The number of carbonyl (C=O) groups is 1. The molecule has 72 heavy (non-hydrogen) atoms. The number of nitrogens with zero attached hydrogens (tertiary/aromatic N) is 12. The van der Waals surface area contributed by atoms with Gasteiger partial charge in [-0.15, -0.1) is 0 Å². The lowest BCUT2D eigenvalue weighted by atomic mass is 10.0. The van der Waals surface area contributed by atoms with Crippen LogP contribution in [0.2, 0.25) is 0 Å². The van der Waals surface area contributed by atoms with Crippen molar-refractivity contribution in [3.8, 4) is 22.3 Å². The molecule has 0 unspecified atom stereocenters. The molecule has 18 heteroatoms. The summed E-state index contributed by atoms with van der Waals surface area (Å²) in [7, 11) is 0. The number of aliphatic hydroxyl groups is 1. The first kappa shape index (κ1) is 50.1. The molecule has 6 aromatic heterocycles. The first-order chi connectivity index (χ1) is 34.6. The summed E-state index contributed by atoms with van der Waals surface area (Å²) in [6, 6.07) is 9.64. The number of aliphatic hydroxyl groups excluding tert-OH is 1. The standard InChI is InChI=1S/C27H30F2N6O.C27H28F2N6O/c2*1-16(2)35-17(3)33-27-23(28)8-19(9-25(27)35)22-10-20(30-14-24(22)29)11-26-31-12-18(13-32-26)15-34-6-4-21(36)5-7-34/h8-10,12-14,16,21,36H,4-7,11,15H2,1-3H3;8-10,12-14,16H,4-7,11,15H2,1-3H3. The van der Waals surface area contributed by atoms with Crippen molar-refractivity contribution in [3.05, 3.63) is 143 Å². The second kappa shape index (κ2) is 21.4. The minimum atomic E-state index is -0.527. The molecule has 0 spiro atoms. The van der Waals surface area contributed by atoms with E-state index in [0.717, 1.165) is 69.1 Å². The Kier molecular flexibility index (Phi) is 14.9. The van der Waals surface area contributed by atoms with E-state index in [-0.39, 0.29) is 40.3 Å². The third kappa shape index (κ3) is 11.2. The zero-order chi connectivity index (χ0) is 50.8. The Morgan fingerprint density at radius 3 is 1.36 bits per heavy atom. The number of benzene rings is 2. The van der Waals surface area contributed by atoms with Gasteiger partial charge in [0, 0.05) is 123 Å². The van der Waals surface area contributed by atoms with E-state index >= 15 is 0 Å². The van der Waals surface area contributed by atoms with Gasteiger partial charge in [0.1, 0.15) is 51.7 Å². The Bertz CT molecular complexity index is 3230. The second-order valence-electron chi connectivity index (χ2n) is 19.4. The summed E-state index contributed by atoms with van der Waals surface area (Å²) in [4.78, 5) is 50.9. The van der Waals surface area contributed by atoms with Gasteiger partial charge in [0.15, 0.2) is 11.6 Å². The van der Waals surface area contributed by atoms with E-state index in [0.29, 0.717) is 94.9 Å². The van der Waals surface area contributed by atoms with Crippen LogP contribution < -0.4 is 0 Å². The minimum Gasteiger partial charge on any atom is -0.393 e. The first-order valence-corrected chi connectivity index (χ1v) is 24.5. The Morgan fingerprint density at radius 2 is 0.958 bits per heavy atom. The van der Waals surface area contributed by atoms with Crippen LogP contribution in [-0.2, 0) is 30.7 Å². The Hall–Kier alpha value is -6.89. The number of aryl methyl sites for hydroxylation is 2. The summed E-state index contributed by atoms with van der Waals surface area (Å²) >= 11 is 0. The van der Waals surface area contributed by atoms with E-state index in [9.17, 15) is 27.5 Å². The molecule has 2 aliphatic rings. The zero-order valence-corrected chi connectivity index (χ0v) is 41.4. The molecule has 8 aromatic rings. The molecule has 0 amide bonds. The van der Waals surface area contributed by atoms with Crippen LogP contribution in [0.4, 0.5) is 17.6 Å². The van der Waals surface area contributed by atoms with Crippen molar-refractivity contribution >= 4 is 27.9 Å². The number of carbonyl (C=O) groups excluding carboxylic acids is 1. The summed E-state index contributed by atoms with van der Waals surface area (Å²) in [5, 5.41) is 9.67. The lowest BCUT2D eigenvalue weighted by Crippen LogP contribution is -2.35. The normalized spacial score (nSPS) is 15.0. The highest BCUT2D eigenvalue weighted by Gasteiger charge is 2.22. The molecule has 1 N–H and O–H groups in total. The fraction of sp³-hybridized carbons (Fsp3) is 0.389. The van der Waals surface area contributed by atoms with Crippen molar-refractivity contribution < 1.29 is 27.5 Å². The van der Waals surface area contributed by atoms with Gasteiger partial charge in [0.05, 0.1) is 42.4 Å². The van der Waals surface area contributed by atoms with E-state index in [1.807, 2.05) is 50.7 Å². The molecule has 0 atom stereocenters. The van der Waals surface area contributed by atoms with Gasteiger partial charge in [-0.2, -0.15) is 0 Å². The van der Waals surface area contributed by atoms with Crippen LogP contribution in [0.1, 0.15) is 111 Å². The quantitative estimate of drug-likeness (QED) is 0.116. The molecule has 2 aliphatic heterocycles. The van der Waals surface area contributed by atoms with Crippen LogP contribution in [-0.4, -0.2) is 102 Å². The van der Waals surface area contributed by atoms with Crippen LogP contribution in [0.25, 0.3) is 44.3 Å². The number of pyridine rings is 2. The molecule has 0 bridgehead atoms. The number of Topliss-reactive ketones (excluding diaryl/α,β-unsaturated/α-hetero) is 1. The van der Waals surface area contributed by atoms with Gasteiger partial charge >= 0.3 is 0 Å². The first-order valence-electron chi connectivity index (χ1n) is 24.5. The Labute approximate surface area is 415 Å². The van der Waals surface area contributed by atoms with Crippen molar-refractivity contribution in [1.29, 1.82) is 0 Å². The molecular weight excluding hydrogens is 925 g/mol. The molecule has 0 saturated carbocycles. The average molecular weight is 983 g/mol. The number of ketones is 1. The second-order valence-corrected chi connectivity index (χ2v) is 19.4. The van der Waals surface area contributed by atoms with Crippen LogP contribution in [0.5, 0.6) is 0 Å². The molecule has 14 nitrogen and oxygen atoms in total. The summed E-state index contributed by atoms with van der Waals surface area (Å²) in [6.07, 6.45) is 12.7. The van der Waals surface area contributed by atoms with Gasteiger partial charge in [0.25, 0.3) is 0 Å². The number of piperidine rings is 2.